The molecule has 0 amide bonds. The average molecular weight is 268 g/mol. The molecule has 0 saturated heterocycles. The van der Waals surface area contributed by atoms with Crippen LogP contribution in [-0.4, -0.2) is 13.1 Å². The first-order valence-corrected chi connectivity index (χ1v) is 6.57. The molecule has 0 saturated carbocycles. The van der Waals surface area contributed by atoms with E-state index in [4.69, 9.17) is 9.47 Å². The summed E-state index contributed by atoms with van der Waals surface area (Å²) in [6.45, 7) is 3.98. The summed E-state index contributed by atoms with van der Waals surface area (Å²) in [5.74, 6) is 0.978. The third-order valence-corrected chi connectivity index (χ3v) is 3.70. The number of ether oxygens (including phenoxy) is 2. The fourth-order valence-corrected chi connectivity index (χ4v) is 2.89. The molecule has 0 unspecified atom stereocenters. The fourth-order valence-electron chi connectivity index (χ4n) is 2.89. The van der Waals surface area contributed by atoms with Crippen LogP contribution in [0.5, 0.6) is 11.5 Å². The summed E-state index contributed by atoms with van der Waals surface area (Å²) >= 11 is 0. The Labute approximate surface area is 118 Å². The van der Waals surface area contributed by atoms with Crippen LogP contribution in [0.4, 0.5) is 0 Å². The first-order chi connectivity index (χ1) is 9.61. The SMILES string of the molecule is COc1c(C)cc([C@@H]2C(=O)Oc3ccccc32)cc1C. The summed E-state index contributed by atoms with van der Waals surface area (Å²) < 4.78 is 10.7. The Hall–Kier alpha value is -2.29. The molecule has 1 aliphatic rings. The third-order valence-electron chi connectivity index (χ3n) is 3.70. The van der Waals surface area contributed by atoms with Crippen molar-refractivity contribution >= 4 is 5.97 Å². The van der Waals surface area contributed by atoms with E-state index in [-0.39, 0.29) is 11.9 Å². The largest absolute Gasteiger partial charge is 0.496 e. The van der Waals surface area contributed by atoms with Crippen molar-refractivity contribution in [3.8, 4) is 11.5 Å². The molecule has 0 aliphatic carbocycles. The molecule has 1 aliphatic heterocycles. The monoisotopic (exact) mass is 268 g/mol. The van der Waals surface area contributed by atoms with Gasteiger partial charge in [0.2, 0.25) is 0 Å². The molecule has 0 fully saturated rings. The lowest BCUT2D eigenvalue weighted by Crippen LogP contribution is -2.12. The minimum absolute atomic E-state index is 0.213. The second-order valence-corrected chi connectivity index (χ2v) is 5.08. The molecule has 3 nitrogen and oxygen atoms in total. The van der Waals surface area contributed by atoms with Gasteiger partial charge in [-0.1, -0.05) is 30.3 Å². The first-order valence-electron chi connectivity index (χ1n) is 6.57. The highest BCUT2D eigenvalue weighted by atomic mass is 16.5. The van der Waals surface area contributed by atoms with Crippen molar-refractivity contribution in [1.29, 1.82) is 0 Å². The van der Waals surface area contributed by atoms with E-state index in [1.807, 2.05) is 50.2 Å². The molecule has 102 valence electrons. The number of benzene rings is 2. The quantitative estimate of drug-likeness (QED) is 0.619. The van der Waals surface area contributed by atoms with Gasteiger partial charge >= 0.3 is 5.97 Å². The van der Waals surface area contributed by atoms with Gasteiger partial charge < -0.3 is 9.47 Å². The predicted molar refractivity (Wildman–Crippen MR) is 76.4 cm³/mol. The van der Waals surface area contributed by atoms with Crippen molar-refractivity contribution in [2.75, 3.05) is 7.11 Å². The smallest absolute Gasteiger partial charge is 0.323 e. The number of fused-ring (bicyclic) bond motifs is 1. The molecule has 3 heteroatoms. The van der Waals surface area contributed by atoms with Crippen LogP contribution in [-0.2, 0) is 4.79 Å². The number of aryl methyl sites for hydroxylation is 2. The van der Waals surface area contributed by atoms with Crippen molar-refractivity contribution in [2.45, 2.75) is 19.8 Å². The van der Waals surface area contributed by atoms with E-state index >= 15 is 0 Å². The number of para-hydroxylation sites is 1. The Balaban J connectivity index is 2.12. The van der Waals surface area contributed by atoms with Crippen molar-refractivity contribution in [3.63, 3.8) is 0 Å². The van der Waals surface area contributed by atoms with Crippen LogP contribution in [0.1, 0.15) is 28.2 Å². The summed E-state index contributed by atoms with van der Waals surface area (Å²) in [5, 5.41) is 0. The van der Waals surface area contributed by atoms with Gasteiger partial charge in [-0.15, -0.1) is 0 Å². The van der Waals surface area contributed by atoms with E-state index in [2.05, 4.69) is 0 Å². The summed E-state index contributed by atoms with van der Waals surface area (Å²) in [5.41, 5.74) is 3.94. The Bertz CT molecular complexity index is 665. The minimum atomic E-state index is -0.338. The number of hydrogen-bond donors (Lipinski definition) is 0. The Morgan fingerprint density at radius 1 is 1.10 bits per heavy atom. The lowest BCUT2D eigenvalue weighted by atomic mass is 9.90. The number of carbonyl (C=O) groups is 1. The van der Waals surface area contributed by atoms with Gasteiger partial charge in [0, 0.05) is 5.56 Å². The van der Waals surface area contributed by atoms with E-state index in [0.717, 1.165) is 28.0 Å². The van der Waals surface area contributed by atoms with Crippen LogP contribution in [0.25, 0.3) is 0 Å². The van der Waals surface area contributed by atoms with E-state index in [1.165, 1.54) is 0 Å². The molecule has 3 rings (SSSR count). The number of methoxy groups -OCH3 is 1. The van der Waals surface area contributed by atoms with Crippen LogP contribution in [0.3, 0.4) is 0 Å². The highest BCUT2D eigenvalue weighted by Crippen LogP contribution is 2.40. The van der Waals surface area contributed by atoms with Crippen molar-refractivity contribution < 1.29 is 14.3 Å². The zero-order valence-corrected chi connectivity index (χ0v) is 11.8. The highest BCUT2D eigenvalue weighted by molar-refractivity contribution is 5.89. The zero-order chi connectivity index (χ0) is 14.3. The number of rotatable bonds is 2. The minimum Gasteiger partial charge on any atom is -0.496 e. The second-order valence-electron chi connectivity index (χ2n) is 5.08. The normalized spacial score (nSPS) is 16.8. The van der Waals surface area contributed by atoms with Gasteiger partial charge in [-0.05, 0) is 36.6 Å². The summed E-state index contributed by atoms with van der Waals surface area (Å²) in [6, 6.07) is 11.6. The number of hydrogen-bond acceptors (Lipinski definition) is 3. The highest BCUT2D eigenvalue weighted by Gasteiger charge is 2.34. The molecule has 0 bridgehead atoms. The molecular formula is C17H16O3. The molecule has 0 spiro atoms. The van der Waals surface area contributed by atoms with E-state index < -0.39 is 0 Å². The van der Waals surface area contributed by atoms with E-state index in [1.54, 1.807) is 7.11 Å². The molecule has 1 heterocycles. The molecule has 2 aromatic carbocycles. The van der Waals surface area contributed by atoms with E-state index in [9.17, 15) is 4.79 Å². The summed E-state index contributed by atoms with van der Waals surface area (Å²) in [4.78, 5) is 12.2. The average Bonchev–Trinajstić information content (AvgIpc) is 2.74. The van der Waals surface area contributed by atoms with Gasteiger partial charge in [-0.3, -0.25) is 4.79 Å². The Kier molecular flexibility index (Phi) is 2.97. The molecular weight excluding hydrogens is 252 g/mol. The lowest BCUT2D eigenvalue weighted by molar-refractivity contribution is -0.133. The Morgan fingerprint density at radius 3 is 2.40 bits per heavy atom. The maximum Gasteiger partial charge on any atom is 0.323 e. The predicted octanol–water partition coefficient (Wildman–Crippen LogP) is 3.36. The third kappa shape index (κ3) is 1.86. The first kappa shape index (κ1) is 12.7. The van der Waals surface area contributed by atoms with Crippen molar-refractivity contribution in [1.82, 2.24) is 0 Å². The van der Waals surface area contributed by atoms with Crippen LogP contribution < -0.4 is 9.47 Å². The maximum absolute atomic E-state index is 12.2. The lowest BCUT2D eigenvalue weighted by Gasteiger charge is -2.14. The molecule has 1 atom stereocenters. The number of carbonyl (C=O) groups excluding carboxylic acids is 1. The zero-order valence-electron chi connectivity index (χ0n) is 11.8. The molecule has 20 heavy (non-hydrogen) atoms. The van der Waals surface area contributed by atoms with Crippen molar-refractivity contribution in [2.24, 2.45) is 0 Å². The topological polar surface area (TPSA) is 35.5 Å². The van der Waals surface area contributed by atoms with Crippen LogP contribution in [0.2, 0.25) is 0 Å². The standard InChI is InChI=1S/C17H16O3/c1-10-8-12(9-11(2)16(10)19-3)15-13-6-4-5-7-14(13)20-17(15)18/h4-9,15H,1-3H3/t15-/m0/s1. The Morgan fingerprint density at radius 2 is 1.75 bits per heavy atom. The van der Waals surface area contributed by atoms with Gasteiger partial charge in [0.1, 0.15) is 17.4 Å². The number of esters is 1. The van der Waals surface area contributed by atoms with Gasteiger partial charge in [-0.25, -0.2) is 0 Å². The van der Waals surface area contributed by atoms with Gasteiger partial charge in [0.15, 0.2) is 0 Å². The molecule has 0 aromatic heterocycles. The summed E-state index contributed by atoms with van der Waals surface area (Å²) in [6.07, 6.45) is 0. The fraction of sp³-hybridized carbons (Fsp3) is 0.235. The van der Waals surface area contributed by atoms with Gasteiger partial charge in [0.25, 0.3) is 0 Å². The molecule has 2 aromatic rings. The van der Waals surface area contributed by atoms with E-state index in [0.29, 0.717) is 5.75 Å². The van der Waals surface area contributed by atoms with Crippen molar-refractivity contribution in [3.05, 3.63) is 58.7 Å². The van der Waals surface area contributed by atoms with Crippen LogP contribution >= 0.6 is 0 Å². The van der Waals surface area contributed by atoms with Gasteiger partial charge in [0.05, 0.1) is 7.11 Å². The maximum atomic E-state index is 12.2. The summed E-state index contributed by atoms with van der Waals surface area (Å²) in [7, 11) is 1.66. The second kappa shape index (κ2) is 4.67. The van der Waals surface area contributed by atoms with Crippen LogP contribution in [0.15, 0.2) is 36.4 Å². The molecule has 0 N–H and O–H groups in total. The van der Waals surface area contributed by atoms with Crippen LogP contribution in [0, 0.1) is 13.8 Å². The molecule has 0 radical (unpaired) electrons. The van der Waals surface area contributed by atoms with Gasteiger partial charge in [-0.2, -0.15) is 0 Å².